The van der Waals surface area contributed by atoms with Gasteiger partial charge in [0.25, 0.3) is 0 Å². The molecular formula is C15H24. The van der Waals surface area contributed by atoms with Crippen LogP contribution in [-0.4, -0.2) is 0 Å². The lowest BCUT2D eigenvalue weighted by Gasteiger charge is -2.45. The molecule has 3 aliphatic rings. The van der Waals surface area contributed by atoms with E-state index in [4.69, 9.17) is 0 Å². The number of hydrogen-bond donors (Lipinski definition) is 0. The van der Waals surface area contributed by atoms with Crippen molar-refractivity contribution in [1.82, 2.24) is 0 Å². The monoisotopic (exact) mass is 204 g/mol. The maximum absolute atomic E-state index is 2.57. The van der Waals surface area contributed by atoms with Crippen LogP contribution in [0.2, 0.25) is 0 Å². The fraction of sp³-hybridized carbons (Fsp3) is 0.867. The molecule has 0 heterocycles. The summed E-state index contributed by atoms with van der Waals surface area (Å²) in [5.41, 5.74) is 3.01. The Kier molecular flexibility index (Phi) is 1.79. The van der Waals surface area contributed by atoms with Gasteiger partial charge in [-0.05, 0) is 54.3 Å². The fourth-order valence-corrected chi connectivity index (χ4v) is 5.01. The highest BCUT2D eigenvalue weighted by atomic mass is 14.7. The molecule has 3 rings (SSSR count). The number of allylic oxidation sites excluding steroid dienone is 2. The van der Waals surface area contributed by atoms with E-state index in [0.29, 0.717) is 10.8 Å². The summed E-state index contributed by atoms with van der Waals surface area (Å²) in [4.78, 5) is 0. The van der Waals surface area contributed by atoms with E-state index in [9.17, 15) is 0 Å². The molecule has 0 aliphatic heterocycles. The van der Waals surface area contributed by atoms with Gasteiger partial charge in [-0.1, -0.05) is 39.3 Å². The van der Waals surface area contributed by atoms with Gasteiger partial charge in [0.15, 0.2) is 0 Å². The lowest BCUT2D eigenvalue weighted by Crippen LogP contribution is -2.36. The van der Waals surface area contributed by atoms with Crippen molar-refractivity contribution in [2.24, 2.45) is 28.6 Å². The molecule has 0 aromatic rings. The van der Waals surface area contributed by atoms with Crippen molar-refractivity contribution in [3.05, 3.63) is 11.6 Å². The van der Waals surface area contributed by atoms with Crippen LogP contribution >= 0.6 is 0 Å². The first-order valence-corrected chi connectivity index (χ1v) is 6.68. The molecule has 0 bridgehead atoms. The van der Waals surface area contributed by atoms with Crippen LogP contribution in [0, 0.1) is 28.6 Å². The van der Waals surface area contributed by atoms with Gasteiger partial charge in [-0.15, -0.1) is 0 Å². The molecule has 2 saturated carbocycles. The molecule has 0 aromatic carbocycles. The minimum absolute atomic E-state index is 0.560. The summed E-state index contributed by atoms with van der Waals surface area (Å²) in [7, 11) is 0. The molecule has 2 fully saturated rings. The van der Waals surface area contributed by atoms with Crippen molar-refractivity contribution in [3.63, 3.8) is 0 Å². The first-order valence-electron chi connectivity index (χ1n) is 6.68. The van der Waals surface area contributed by atoms with Crippen LogP contribution in [0.15, 0.2) is 11.6 Å². The predicted octanol–water partition coefficient (Wildman–Crippen LogP) is 4.42. The number of hydrogen-bond acceptors (Lipinski definition) is 0. The average molecular weight is 204 g/mol. The first-order chi connectivity index (χ1) is 6.99. The van der Waals surface area contributed by atoms with E-state index < -0.39 is 0 Å². The van der Waals surface area contributed by atoms with Crippen molar-refractivity contribution < 1.29 is 0 Å². The van der Waals surface area contributed by atoms with Crippen LogP contribution in [0.5, 0.6) is 0 Å². The Morgan fingerprint density at radius 1 is 1.20 bits per heavy atom. The molecule has 84 valence electrons. The predicted molar refractivity (Wildman–Crippen MR) is 64.6 cm³/mol. The standard InChI is InChI=1S/C15H24/c1-10-6-5-7-11-8-9-12-13(14(12,2)3)15(10,11)4/h7,10,12-13H,5-6,8-9H2,1-4H3. The van der Waals surface area contributed by atoms with Gasteiger partial charge in [0.05, 0.1) is 0 Å². The van der Waals surface area contributed by atoms with Crippen molar-refractivity contribution in [2.45, 2.75) is 53.4 Å². The van der Waals surface area contributed by atoms with Crippen LogP contribution in [0.1, 0.15) is 53.4 Å². The van der Waals surface area contributed by atoms with E-state index in [1.807, 2.05) is 5.57 Å². The molecule has 4 unspecified atom stereocenters. The lowest BCUT2D eigenvalue weighted by atomic mass is 9.60. The summed E-state index contributed by atoms with van der Waals surface area (Å²) in [5.74, 6) is 2.92. The molecule has 0 amide bonds. The van der Waals surface area contributed by atoms with E-state index >= 15 is 0 Å². The van der Waals surface area contributed by atoms with E-state index in [1.54, 1.807) is 0 Å². The Hall–Kier alpha value is -0.260. The summed E-state index contributed by atoms with van der Waals surface area (Å²) < 4.78 is 0. The van der Waals surface area contributed by atoms with E-state index in [1.165, 1.54) is 25.7 Å². The van der Waals surface area contributed by atoms with Gasteiger partial charge < -0.3 is 0 Å². The highest BCUT2D eigenvalue weighted by Crippen LogP contribution is 2.74. The minimum Gasteiger partial charge on any atom is -0.0847 e. The second-order valence-electron chi connectivity index (χ2n) is 6.93. The first kappa shape index (κ1) is 9.93. The Bertz CT molecular complexity index is 323. The molecule has 0 heteroatoms. The zero-order valence-corrected chi connectivity index (χ0v) is 10.6. The third kappa shape index (κ3) is 1.04. The van der Waals surface area contributed by atoms with E-state index in [2.05, 4.69) is 33.8 Å². The van der Waals surface area contributed by atoms with Crippen LogP contribution in [0.3, 0.4) is 0 Å². The quantitative estimate of drug-likeness (QED) is 0.513. The summed E-state index contributed by atoms with van der Waals surface area (Å²) in [6.07, 6.45) is 8.19. The second kappa shape index (κ2) is 2.70. The van der Waals surface area contributed by atoms with Gasteiger partial charge >= 0.3 is 0 Å². The van der Waals surface area contributed by atoms with E-state index in [0.717, 1.165) is 17.8 Å². The highest BCUT2D eigenvalue weighted by molar-refractivity contribution is 5.31. The zero-order chi connectivity index (χ0) is 10.8. The highest BCUT2D eigenvalue weighted by Gasteiger charge is 2.68. The molecular weight excluding hydrogens is 180 g/mol. The molecule has 15 heavy (non-hydrogen) atoms. The largest absolute Gasteiger partial charge is 0.0847 e. The maximum atomic E-state index is 2.57. The van der Waals surface area contributed by atoms with Crippen LogP contribution in [0.4, 0.5) is 0 Å². The molecule has 3 aliphatic carbocycles. The van der Waals surface area contributed by atoms with Gasteiger partial charge in [0.2, 0.25) is 0 Å². The van der Waals surface area contributed by atoms with Gasteiger partial charge in [-0.3, -0.25) is 0 Å². The second-order valence-corrected chi connectivity index (χ2v) is 6.93. The fourth-order valence-electron chi connectivity index (χ4n) is 5.01. The molecule has 0 nitrogen and oxygen atoms in total. The molecule has 0 radical (unpaired) electrons. The Morgan fingerprint density at radius 2 is 1.93 bits per heavy atom. The smallest absolute Gasteiger partial charge is 0.00544 e. The van der Waals surface area contributed by atoms with Crippen LogP contribution in [-0.2, 0) is 0 Å². The SMILES string of the molecule is CC1CCC=C2CCC3C(C3(C)C)C21C. The van der Waals surface area contributed by atoms with Crippen molar-refractivity contribution in [2.75, 3.05) is 0 Å². The van der Waals surface area contributed by atoms with Crippen molar-refractivity contribution in [1.29, 1.82) is 0 Å². The topological polar surface area (TPSA) is 0 Å². The molecule has 0 aromatic heterocycles. The summed E-state index contributed by atoms with van der Waals surface area (Å²) in [6, 6.07) is 0. The minimum atomic E-state index is 0.560. The van der Waals surface area contributed by atoms with Gasteiger partial charge in [-0.25, -0.2) is 0 Å². The number of rotatable bonds is 0. The van der Waals surface area contributed by atoms with Gasteiger partial charge in [-0.2, -0.15) is 0 Å². The van der Waals surface area contributed by atoms with Crippen LogP contribution < -0.4 is 0 Å². The molecule has 0 spiro atoms. The molecule has 0 N–H and O–H groups in total. The zero-order valence-electron chi connectivity index (χ0n) is 10.6. The third-order valence-corrected chi connectivity index (χ3v) is 6.13. The Labute approximate surface area is 94.1 Å². The van der Waals surface area contributed by atoms with E-state index in [-0.39, 0.29) is 0 Å². The molecule has 4 atom stereocenters. The Morgan fingerprint density at radius 3 is 2.67 bits per heavy atom. The average Bonchev–Trinajstić information content (AvgIpc) is 2.73. The summed E-state index contributed by atoms with van der Waals surface area (Å²) in [5, 5.41) is 0. The van der Waals surface area contributed by atoms with Crippen LogP contribution in [0.25, 0.3) is 0 Å². The number of fused-ring (bicyclic) bond motifs is 3. The van der Waals surface area contributed by atoms with Crippen molar-refractivity contribution >= 4 is 0 Å². The lowest BCUT2D eigenvalue weighted by molar-refractivity contribution is 0.147. The normalized spacial score (nSPS) is 51.5. The molecule has 0 saturated heterocycles. The third-order valence-electron chi connectivity index (χ3n) is 6.13. The maximum Gasteiger partial charge on any atom is -0.00544 e. The summed E-state index contributed by atoms with van der Waals surface area (Å²) in [6.45, 7) is 10.0. The van der Waals surface area contributed by atoms with Gasteiger partial charge in [0, 0.05) is 0 Å². The van der Waals surface area contributed by atoms with Crippen molar-refractivity contribution in [3.8, 4) is 0 Å². The Balaban J connectivity index is 2.03. The summed E-state index contributed by atoms with van der Waals surface area (Å²) >= 11 is 0. The van der Waals surface area contributed by atoms with Gasteiger partial charge in [0.1, 0.15) is 0 Å².